The molecule has 0 radical (unpaired) electrons. The third kappa shape index (κ3) is 0.337. The fourth-order valence-electron chi connectivity index (χ4n) is 3.31. The molecule has 50 valence electrons. The monoisotopic (exact) mass is 124 g/mol. The number of methoxy groups -OCH3 is 1. The first kappa shape index (κ1) is 4.73. The van der Waals surface area contributed by atoms with Crippen molar-refractivity contribution in [1.82, 2.24) is 0 Å². The highest BCUT2D eigenvalue weighted by Crippen LogP contribution is 2.73. The standard InChI is InChI=1S/C8H12O/c1-9-8-5-3-2-4-6(5)7(4)8/h4-8H,2-3H2,1H3. The summed E-state index contributed by atoms with van der Waals surface area (Å²) in [6.07, 6.45) is 3.67. The Balaban J connectivity index is 1.86. The molecule has 3 aliphatic carbocycles. The molecule has 1 heteroatoms. The van der Waals surface area contributed by atoms with Gasteiger partial charge in [-0.1, -0.05) is 0 Å². The molecule has 0 aromatic rings. The van der Waals surface area contributed by atoms with Gasteiger partial charge < -0.3 is 4.74 Å². The Hall–Kier alpha value is -0.0400. The SMILES string of the molecule is COC1C2CCC3C2C31. The fraction of sp³-hybridized carbons (Fsp3) is 1.00. The van der Waals surface area contributed by atoms with Crippen molar-refractivity contribution < 1.29 is 4.74 Å². The maximum absolute atomic E-state index is 5.37. The molecule has 9 heavy (non-hydrogen) atoms. The van der Waals surface area contributed by atoms with E-state index in [1.807, 2.05) is 7.11 Å². The predicted octanol–water partition coefficient (Wildman–Crippen LogP) is 1.29. The molecule has 0 spiro atoms. The van der Waals surface area contributed by atoms with Crippen LogP contribution in [0, 0.1) is 23.7 Å². The van der Waals surface area contributed by atoms with E-state index in [0.717, 1.165) is 23.7 Å². The van der Waals surface area contributed by atoms with E-state index in [4.69, 9.17) is 4.74 Å². The summed E-state index contributed by atoms with van der Waals surface area (Å²) in [7, 11) is 1.87. The van der Waals surface area contributed by atoms with Crippen molar-refractivity contribution in [2.24, 2.45) is 23.7 Å². The van der Waals surface area contributed by atoms with Crippen LogP contribution < -0.4 is 0 Å². The van der Waals surface area contributed by atoms with Crippen LogP contribution >= 0.6 is 0 Å². The summed E-state index contributed by atoms with van der Waals surface area (Å²) in [4.78, 5) is 0. The molecule has 5 atom stereocenters. The van der Waals surface area contributed by atoms with Crippen LogP contribution in [0.5, 0.6) is 0 Å². The lowest BCUT2D eigenvalue weighted by Gasteiger charge is -2.34. The number of hydrogen-bond donors (Lipinski definition) is 0. The first-order valence-electron chi connectivity index (χ1n) is 3.96. The molecule has 1 nitrogen and oxygen atoms in total. The highest BCUT2D eigenvalue weighted by atomic mass is 16.5. The molecule has 3 fully saturated rings. The van der Waals surface area contributed by atoms with Gasteiger partial charge in [0, 0.05) is 7.11 Å². The first-order valence-corrected chi connectivity index (χ1v) is 3.96. The molecule has 0 amide bonds. The largest absolute Gasteiger partial charge is 0.381 e. The topological polar surface area (TPSA) is 9.23 Å². The van der Waals surface area contributed by atoms with Crippen molar-refractivity contribution >= 4 is 0 Å². The van der Waals surface area contributed by atoms with Crippen LogP contribution in [0.15, 0.2) is 0 Å². The maximum atomic E-state index is 5.37. The Morgan fingerprint density at radius 3 is 2.22 bits per heavy atom. The minimum Gasteiger partial charge on any atom is -0.381 e. The molecule has 3 saturated carbocycles. The van der Waals surface area contributed by atoms with Crippen molar-refractivity contribution in [2.45, 2.75) is 18.9 Å². The third-order valence-corrected chi connectivity index (χ3v) is 3.69. The Kier molecular flexibility index (Phi) is 0.628. The quantitative estimate of drug-likeness (QED) is 0.511. The molecular formula is C8H12O. The smallest absolute Gasteiger partial charge is 0.0636 e. The van der Waals surface area contributed by atoms with Gasteiger partial charge in [-0.25, -0.2) is 0 Å². The second-order valence-electron chi connectivity index (χ2n) is 3.76. The van der Waals surface area contributed by atoms with Gasteiger partial charge in [0.1, 0.15) is 0 Å². The Labute approximate surface area is 55.4 Å². The van der Waals surface area contributed by atoms with Crippen LogP contribution in [0.3, 0.4) is 0 Å². The molecule has 0 saturated heterocycles. The van der Waals surface area contributed by atoms with Crippen LogP contribution in [0.4, 0.5) is 0 Å². The zero-order valence-electron chi connectivity index (χ0n) is 5.71. The zero-order valence-corrected chi connectivity index (χ0v) is 5.71. The van der Waals surface area contributed by atoms with E-state index in [1.54, 1.807) is 0 Å². The molecule has 0 aliphatic heterocycles. The zero-order chi connectivity index (χ0) is 6.01. The van der Waals surface area contributed by atoms with Crippen LogP contribution in [-0.4, -0.2) is 13.2 Å². The van der Waals surface area contributed by atoms with Gasteiger partial charge in [0.25, 0.3) is 0 Å². The maximum Gasteiger partial charge on any atom is 0.0636 e. The van der Waals surface area contributed by atoms with Crippen molar-refractivity contribution in [3.63, 3.8) is 0 Å². The lowest BCUT2D eigenvalue weighted by atomic mass is 9.79. The molecule has 3 aliphatic rings. The van der Waals surface area contributed by atoms with E-state index >= 15 is 0 Å². The highest BCUT2D eigenvalue weighted by Gasteiger charge is 2.72. The van der Waals surface area contributed by atoms with Crippen LogP contribution in [0.2, 0.25) is 0 Å². The van der Waals surface area contributed by atoms with Crippen molar-refractivity contribution in [1.29, 1.82) is 0 Å². The minimum atomic E-state index is 0.689. The summed E-state index contributed by atoms with van der Waals surface area (Å²) in [6, 6.07) is 0. The second-order valence-corrected chi connectivity index (χ2v) is 3.76. The Morgan fingerprint density at radius 2 is 1.89 bits per heavy atom. The molecule has 0 aromatic heterocycles. The number of ether oxygens (including phenoxy) is 1. The van der Waals surface area contributed by atoms with Crippen LogP contribution in [0.25, 0.3) is 0 Å². The lowest BCUT2D eigenvalue weighted by Crippen LogP contribution is -2.37. The first-order chi connectivity index (χ1) is 4.43. The average Bonchev–Trinajstić information content (AvgIpc) is 2.31. The minimum absolute atomic E-state index is 0.689. The van der Waals surface area contributed by atoms with E-state index in [1.165, 1.54) is 12.8 Å². The van der Waals surface area contributed by atoms with Gasteiger partial charge in [0.15, 0.2) is 0 Å². The van der Waals surface area contributed by atoms with Crippen molar-refractivity contribution in [3.05, 3.63) is 0 Å². The second kappa shape index (κ2) is 1.20. The molecule has 0 aromatic carbocycles. The van der Waals surface area contributed by atoms with Crippen molar-refractivity contribution in [2.75, 3.05) is 7.11 Å². The van der Waals surface area contributed by atoms with E-state index in [2.05, 4.69) is 0 Å². The molecule has 0 N–H and O–H groups in total. The van der Waals surface area contributed by atoms with E-state index in [9.17, 15) is 0 Å². The van der Waals surface area contributed by atoms with Gasteiger partial charge in [-0.2, -0.15) is 0 Å². The summed E-state index contributed by atoms with van der Waals surface area (Å²) >= 11 is 0. The lowest BCUT2D eigenvalue weighted by molar-refractivity contribution is -0.0352. The predicted molar refractivity (Wildman–Crippen MR) is 34.0 cm³/mol. The van der Waals surface area contributed by atoms with Gasteiger partial charge in [0.05, 0.1) is 6.10 Å². The molecular weight excluding hydrogens is 112 g/mol. The number of rotatable bonds is 1. The van der Waals surface area contributed by atoms with Gasteiger partial charge in [-0.15, -0.1) is 0 Å². The van der Waals surface area contributed by atoms with E-state index < -0.39 is 0 Å². The summed E-state index contributed by atoms with van der Waals surface area (Å²) in [5.74, 6) is 4.26. The summed E-state index contributed by atoms with van der Waals surface area (Å²) < 4.78 is 5.37. The number of hydrogen-bond acceptors (Lipinski definition) is 1. The molecule has 0 bridgehead atoms. The van der Waals surface area contributed by atoms with Crippen LogP contribution in [-0.2, 0) is 4.74 Å². The van der Waals surface area contributed by atoms with Gasteiger partial charge in [-0.3, -0.25) is 0 Å². The number of fused-ring (bicyclic) bond motifs is 1. The van der Waals surface area contributed by atoms with Crippen molar-refractivity contribution in [3.8, 4) is 0 Å². The van der Waals surface area contributed by atoms with Gasteiger partial charge in [0.2, 0.25) is 0 Å². The van der Waals surface area contributed by atoms with Crippen LogP contribution in [0.1, 0.15) is 12.8 Å². The summed E-state index contributed by atoms with van der Waals surface area (Å²) in [5.41, 5.74) is 0. The van der Waals surface area contributed by atoms with E-state index in [0.29, 0.717) is 6.10 Å². The highest BCUT2D eigenvalue weighted by molar-refractivity contribution is 5.20. The normalized spacial score (nSPS) is 67.0. The molecule has 5 unspecified atom stereocenters. The molecule has 0 heterocycles. The van der Waals surface area contributed by atoms with E-state index in [-0.39, 0.29) is 0 Å². The summed E-state index contributed by atoms with van der Waals surface area (Å²) in [5, 5.41) is 0. The Bertz CT molecular complexity index is 151. The van der Waals surface area contributed by atoms with Gasteiger partial charge >= 0.3 is 0 Å². The molecule has 3 rings (SSSR count). The average molecular weight is 124 g/mol. The third-order valence-electron chi connectivity index (χ3n) is 3.69. The van der Waals surface area contributed by atoms with Gasteiger partial charge in [-0.05, 0) is 36.5 Å². The Morgan fingerprint density at radius 1 is 1.11 bits per heavy atom. The summed E-state index contributed by atoms with van der Waals surface area (Å²) in [6.45, 7) is 0. The fourth-order valence-corrected chi connectivity index (χ4v) is 3.31.